The molecule has 4 atom stereocenters. The lowest BCUT2D eigenvalue weighted by Crippen LogP contribution is -2.48. The van der Waals surface area contributed by atoms with E-state index in [-0.39, 0.29) is 18.3 Å². The number of carbonyl (C=O) groups is 1. The van der Waals surface area contributed by atoms with Gasteiger partial charge in [-0.05, 0) is 31.7 Å². The van der Waals surface area contributed by atoms with Gasteiger partial charge in [0.05, 0.1) is 0 Å². The van der Waals surface area contributed by atoms with Crippen LogP contribution in [-0.4, -0.2) is 18.4 Å². The Morgan fingerprint density at radius 2 is 2.00 bits per heavy atom. The zero-order valence-corrected chi connectivity index (χ0v) is 13.5. The average molecular weight is 296 g/mol. The van der Waals surface area contributed by atoms with Gasteiger partial charge in [0, 0.05) is 17.5 Å². The van der Waals surface area contributed by atoms with Crippen LogP contribution in [0.2, 0.25) is 0 Å². The Labute approximate surface area is 128 Å². The molecule has 1 fully saturated rings. The summed E-state index contributed by atoms with van der Waals surface area (Å²) in [4.78, 5) is 12.6. The molecule has 4 unspecified atom stereocenters. The third-order valence-corrected chi connectivity index (χ3v) is 4.68. The number of Topliss-reactive ketones (excluding diaryl/α,β-unsaturated/α-hetero) is 1. The predicted octanol–water partition coefficient (Wildman–Crippen LogP) is 3.95. The highest BCUT2D eigenvalue weighted by Gasteiger charge is 2.36. The number of nitrogens with one attached hydrogen (secondary N) is 1. The zero-order chi connectivity index (χ0) is 13.8. The molecule has 112 valence electrons. The highest BCUT2D eigenvalue weighted by atomic mass is 35.5. The van der Waals surface area contributed by atoms with Gasteiger partial charge in [0.2, 0.25) is 0 Å². The molecule has 0 aliphatic carbocycles. The van der Waals surface area contributed by atoms with Gasteiger partial charge in [0.15, 0.2) is 5.78 Å². The van der Waals surface area contributed by atoms with Crippen molar-refractivity contribution in [3.05, 3.63) is 35.9 Å². The van der Waals surface area contributed by atoms with Crippen molar-refractivity contribution in [3.63, 3.8) is 0 Å². The van der Waals surface area contributed by atoms with Gasteiger partial charge in [-0.3, -0.25) is 4.79 Å². The van der Waals surface area contributed by atoms with Crippen LogP contribution >= 0.6 is 12.4 Å². The van der Waals surface area contributed by atoms with E-state index in [0.717, 1.165) is 12.1 Å². The first-order valence-electron chi connectivity index (χ1n) is 7.47. The van der Waals surface area contributed by atoms with Crippen LogP contribution in [0.1, 0.15) is 44.0 Å². The summed E-state index contributed by atoms with van der Waals surface area (Å²) in [6.07, 6.45) is 2.36. The molecule has 3 heteroatoms. The molecule has 2 rings (SSSR count). The normalized spacial score (nSPS) is 27.4. The van der Waals surface area contributed by atoms with E-state index >= 15 is 0 Å². The second-order valence-electron chi connectivity index (χ2n) is 5.80. The van der Waals surface area contributed by atoms with Gasteiger partial charge in [0.1, 0.15) is 0 Å². The molecular formula is C17H26ClNO. The first-order valence-corrected chi connectivity index (χ1v) is 7.47. The van der Waals surface area contributed by atoms with Crippen LogP contribution < -0.4 is 5.32 Å². The third-order valence-electron chi connectivity index (χ3n) is 4.68. The highest BCUT2D eigenvalue weighted by Crippen LogP contribution is 2.34. The molecule has 20 heavy (non-hydrogen) atoms. The number of piperidine rings is 1. The van der Waals surface area contributed by atoms with E-state index in [1.54, 1.807) is 0 Å². The number of hydrogen-bond acceptors (Lipinski definition) is 2. The molecule has 1 aliphatic rings. The molecular weight excluding hydrogens is 270 g/mol. The van der Waals surface area contributed by atoms with Crippen molar-refractivity contribution >= 4 is 18.2 Å². The summed E-state index contributed by atoms with van der Waals surface area (Å²) in [6, 6.07) is 10.1. The van der Waals surface area contributed by atoms with Gasteiger partial charge in [-0.25, -0.2) is 0 Å². The van der Waals surface area contributed by atoms with Crippen LogP contribution in [0, 0.1) is 17.8 Å². The molecule has 0 radical (unpaired) electrons. The topological polar surface area (TPSA) is 29.1 Å². The minimum atomic E-state index is 0. The molecule has 1 saturated heterocycles. The summed E-state index contributed by atoms with van der Waals surface area (Å²) in [7, 11) is 0. The largest absolute Gasteiger partial charge is 0.314 e. The van der Waals surface area contributed by atoms with Crippen molar-refractivity contribution in [2.75, 3.05) is 6.54 Å². The Morgan fingerprint density at radius 1 is 1.35 bits per heavy atom. The van der Waals surface area contributed by atoms with Crippen molar-refractivity contribution in [1.29, 1.82) is 0 Å². The van der Waals surface area contributed by atoms with Gasteiger partial charge >= 0.3 is 0 Å². The Hall–Kier alpha value is -0.860. The summed E-state index contributed by atoms with van der Waals surface area (Å²) in [5, 5.41) is 3.53. The fourth-order valence-corrected chi connectivity index (χ4v) is 3.59. The summed E-state index contributed by atoms with van der Waals surface area (Å²) < 4.78 is 0. The number of benzene rings is 1. The van der Waals surface area contributed by atoms with Crippen molar-refractivity contribution in [3.8, 4) is 0 Å². The van der Waals surface area contributed by atoms with E-state index in [2.05, 4.69) is 26.1 Å². The van der Waals surface area contributed by atoms with Gasteiger partial charge < -0.3 is 5.32 Å². The van der Waals surface area contributed by atoms with Crippen molar-refractivity contribution in [2.24, 2.45) is 17.8 Å². The van der Waals surface area contributed by atoms with E-state index in [1.807, 2.05) is 30.3 Å². The lowest BCUT2D eigenvalue weighted by Gasteiger charge is -2.40. The van der Waals surface area contributed by atoms with E-state index in [1.165, 1.54) is 12.8 Å². The molecule has 0 saturated carbocycles. The van der Waals surface area contributed by atoms with Crippen LogP contribution in [0.15, 0.2) is 30.3 Å². The molecule has 1 aliphatic heterocycles. The van der Waals surface area contributed by atoms with E-state index < -0.39 is 0 Å². The first-order chi connectivity index (χ1) is 9.15. The summed E-state index contributed by atoms with van der Waals surface area (Å²) >= 11 is 0. The highest BCUT2D eigenvalue weighted by molar-refractivity contribution is 5.97. The van der Waals surface area contributed by atoms with E-state index in [4.69, 9.17) is 0 Å². The lowest BCUT2D eigenvalue weighted by molar-refractivity contribution is 0.0752. The van der Waals surface area contributed by atoms with Crippen LogP contribution in [0.25, 0.3) is 0 Å². The number of hydrogen-bond donors (Lipinski definition) is 1. The second-order valence-corrected chi connectivity index (χ2v) is 5.80. The Bertz CT molecular complexity index is 420. The standard InChI is InChI=1S/C17H25NO.ClH/c1-4-14-10-11-18-13(3)16(14)12(2)17(19)15-8-6-5-7-9-15;/h5-9,12-14,16,18H,4,10-11H2,1-3H3;1H. The minimum Gasteiger partial charge on any atom is -0.314 e. The third kappa shape index (κ3) is 3.62. The molecule has 2 nitrogen and oxygen atoms in total. The van der Waals surface area contributed by atoms with Gasteiger partial charge in [-0.1, -0.05) is 50.6 Å². The number of ketones is 1. The van der Waals surface area contributed by atoms with Crippen LogP contribution in [0.4, 0.5) is 0 Å². The molecule has 0 amide bonds. The Kier molecular flexibility index (Phi) is 6.70. The lowest BCUT2D eigenvalue weighted by atomic mass is 9.71. The minimum absolute atomic E-state index is 0. The average Bonchev–Trinajstić information content (AvgIpc) is 2.46. The summed E-state index contributed by atoms with van der Waals surface area (Å²) in [5.74, 6) is 1.50. The molecule has 1 aromatic rings. The molecule has 1 aromatic carbocycles. The number of halogens is 1. The quantitative estimate of drug-likeness (QED) is 0.852. The van der Waals surface area contributed by atoms with E-state index in [9.17, 15) is 4.79 Å². The molecule has 0 spiro atoms. The predicted molar refractivity (Wildman–Crippen MR) is 86.5 cm³/mol. The molecule has 0 bridgehead atoms. The smallest absolute Gasteiger partial charge is 0.166 e. The summed E-state index contributed by atoms with van der Waals surface area (Å²) in [5.41, 5.74) is 0.850. The van der Waals surface area contributed by atoms with Gasteiger partial charge in [0.25, 0.3) is 0 Å². The molecule has 0 aromatic heterocycles. The fourth-order valence-electron chi connectivity index (χ4n) is 3.59. The maximum atomic E-state index is 12.6. The maximum absolute atomic E-state index is 12.6. The van der Waals surface area contributed by atoms with E-state index in [0.29, 0.717) is 23.7 Å². The zero-order valence-electron chi connectivity index (χ0n) is 12.6. The monoisotopic (exact) mass is 295 g/mol. The SMILES string of the molecule is CCC1CCNC(C)C1C(C)C(=O)c1ccccc1.Cl. The van der Waals surface area contributed by atoms with Gasteiger partial charge in [-0.2, -0.15) is 0 Å². The van der Waals surface area contributed by atoms with Gasteiger partial charge in [-0.15, -0.1) is 12.4 Å². The Morgan fingerprint density at radius 3 is 2.60 bits per heavy atom. The maximum Gasteiger partial charge on any atom is 0.166 e. The first kappa shape index (κ1) is 17.2. The van der Waals surface area contributed by atoms with Crippen LogP contribution in [0.5, 0.6) is 0 Å². The Balaban J connectivity index is 0.00000200. The van der Waals surface area contributed by atoms with Crippen LogP contribution in [0.3, 0.4) is 0 Å². The summed E-state index contributed by atoms with van der Waals surface area (Å²) in [6.45, 7) is 7.66. The van der Waals surface area contributed by atoms with Crippen molar-refractivity contribution in [1.82, 2.24) is 5.32 Å². The van der Waals surface area contributed by atoms with Crippen molar-refractivity contribution in [2.45, 2.75) is 39.7 Å². The second kappa shape index (κ2) is 7.80. The fraction of sp³-hybridized carbons (Fsp3) is 0.588. The molecule has 1 heterocycles. The van der Waals surface area contributed by atoms with Crippen molar-refractivity contribution < 1.29 is 4.79 Å². The number of carbonyl (C=O) groups excluding carboxylic acids is 1. The molecule has 1 N–H and O–H groups in total. The number of rotatable bonds is 4. The van der Waals surface area contributed by atoms with Crippen LogP contribution in [-0.2, 0) is 0 Å².